The number of hydrogen-bond donors (Lipinski definition) is 1. The van der Waals surface area contributed by atoms with Gasteiger partial charge in [-0.05, 0) is 59.8 Å². The van der Waals surface area contributed by atoms with Crippen LogP contribution < -0.4 is 10.1 Å². The Kier molecular flexibility index (Phi) is 7.90. The first-order valence-electron chi connectivity index (χ1n) is 14.4. The van der Waals surface area contributed by atoms with Gasteiger partial charge in [-0.3, -0.25) is 4.79 Å². The van der Waals surface area contributed by atoms with Crippen molar-refractivity contribution in [2.24, 2.45) is 0 Å². The van der Waals surface area contributed by atoms with E-state index >= 15 is 0 Å². The van der Waals surface area contributed by atoms with E-state index in [9.17, 15) is 9.59 Å². The van der Waals surface area contributed by atoms with Gasteiger partial charge < -0.3 is 24.4 Å². The van der Waals surface area contributed by atoms with Crippen molar-refractivity contribution >= 4 is 28.4 Å². The summed E-state index contributed by atoms with van der Waals surface area (Å²) in [5.74, 6) is 1.36. The Bertz CT molecular complexity index is 1690. The number of hydrogen-bond acceptors (Lipinski definition) is 3. The molecule has 0 radical (unpaired) electrons. The first-order chi connectivity index (χ1) is 20.6. The SMILES string of the molecule is CCCN(CC(=O)N1CCn2cccc2[C@@H]1c1cccc(Oc2ccccc2)c1)C(=O)Nc1cccc2ccccc12. The molecule has 1 N–H and O–H groups in total. The molecule has 0 spiro atoms. The van der Waals surface area contributed by atoms with E-state index in [1.807, 2.05) is 115 Å². The number of anilines is 1. The topological polar surface area (TPSA) is 66.8 Å². The Hall–Kier alpha value is -5.04. The highest BCUT2D eigenvalue weighted by atomic mass is 16.5. The van der Waals surface area contributed by atoms with Gasteiger partial charge >= 0.3 is 6.03 Å². The van der Waals surface area contributed by atoms with Gasteiger partial charge in [-0.15, -0.1) is 0 Å². The lowest BCUT2D eigenvalue weighted by atomic mass is 9.99. The zero-order chi connectivity index (χ0) is 28.9. The second kappa shape index (κ2) is 12.2. The third-order valence-corrected chi connectivity index (χ3v) is 7.65. The highest BCUT2D eigenvalue weighted by Crippen LogP contribution is 2.35. The number of nitrogens with one attached hydrogen (secondary N) is 1. The second-order valence-electron chi connectivity index (χ2n) is 10.5. The quantitative estimate of drug-likeness (QED) is 0.217. The summed E-state index contributed by atoms with van der Waals surface area (Å²) >= 11 is 0. The predicted octanol–water partition coefficient (Wildman–Crippen LogP) is 7.31. The van der Waals surface area contributed by atoms with Crippen molar-refractivity contribution in [2.45, 2.75) is 25.9 Å². The number of para-hydroxylation sites is 1. The zero-order valence-electron chi connectivity index (χ0n) is 23.6. The summed E-state index contributed by atoms with van der Waals surface area (Å²) in [6, 6.07) is 34.8. The van der Waals surface area contributed by atoms with Crippen LogP contribution in [0.4, 0.5) is 10.5 Å². The van der Waals surface area contributed by atoms with Crippen LogP contribution in [0.25, 0.3) is 10.8 Å². The van der Waals surface area contributed by atoms with E-state index in [0.29, 0.717) is 25.4 Å². The highest BCUT2D eigenvalue weighted by molar-refractivity contribution is 6.02. The average molecular weight is 559 g/mol. The average Bonchev–Trinajstić information content (AvgIpc) is 3.50. The summed E-state index contributed by atoms with van der Waals surface area (Å²) in [6.45, 7) is 3.71. The Morgan fingerprint density at radius 3 is 2.48 bits per heavy atom. The number of fused-ring (bicyclic) bond motifs is 2. The van der Waals surface area contributed by atoms with Crippen molar-refractivity contribution in [2.75, 3.05) is 25.0 Å². The summed E-state index contributed by atoms with van der Waals surface area (Å²) in [7, 11) is 0. The molecule has 6 rings (SSSR count). The Morgan fingerprint density at radius 1 is 0.857 bits per heavy atom. The van der Waals surface area contributed by atoms with Gasteiger partial charge in [-0.2, -0.15) is 0 Å². The fraction of sp³-hybridized carbons (Fsp3) is 0.200. The van der Waals surface area contributed by atoms with Crippen molar-refractivity contribution in [3.8, 4) is 11.5 Å². The molecule has 0 bridgehead atoms. The normalized spacial score (nSPS) is 14.3. The first kappa shape index (κ1) is 27.1. The van der Waals surface area contributed by atoms with Crippen molar-refractivity contribution in [3.63, 3.8) is 0 Å². The molecule has 1 atom stereocenters. The fourth-order valence-electron chi connectivity index (χ4n) is 5.68. The van der Waals surface area contributed by atoms with Crippen LogP contribution in [0.3, 0.4) is 0 Å². The highest BCUT2D eigenvalue weighted by Gasteiger charge is 2.33. The van der Waals surface area contributed by atoms with Crippen LogP contribution in [0.1, 0.15) is 30.6 Å². The van der Waals surface area contributed by atoms with Gasteiger partial charge in [0.15, 0.2) is 0 Å². The van der Waals surface area contributed by atoms with Crippen molar-refractivity contribution in [3.05, 3.63) is 127 Å². The minimum Gasteiger partial charge on any atom is -0.457 e. The number of carbonyl (C=O) groups excluding carboxylic acids is 2. The number of ether oxygens (including phenoxy) is 1. The Labute approximate surface area is 245 Å². The van der Waals surface area contributed by atoms with Crippen molar-refractivity contribution in [1.82, 2.24) is 14.4 Å². The van der Waals surface area contributed by atoms with E-state index in [0.717, 1.165) is 39.9 Å². The van der Waals surface area contributed by atoms with Gasteiger partial charge in [0.2, 0.25) is 5.91 Å². The predicted molar refractivity (Wildman–Crippen MR) is 166 cm³/mol. The van der Waals surface area contributed by atoms with Gasteiger partial charge in [0, 0.05) is 36.9 Å². The number of amides is 3. The molecule has 1 aliphatic rings. The molecule has 0 saturated heterocycles. The third-order valence-electron chi connectivity index (χ3n) is 7.65. The van der Waals surface area contributed by atoms with E-state index in [1.54, 1.807) is 4.90 Å². The van der Waals surface area contributed by atoms with E-state index in [2.05, 4.69) is 22.1 Å². The number of rotatable bonds is 8. The van der Waals surface area contributed by atoms with Crippen LogP contribution in [0, 0.1) is 0 Å². The van der Waals surface area contributed by atoms with Crippen LogP contribution in [0.2, 0.25) is 0 Å². The molecule has 4 aromatic carbocycles. The summed E-state index contributed by atoms with van der Waals surface area (Å²) in [5, 5.41) is 5.07. The maximum absolute atomic E-state index is 14.0. The molecule has 0 unspecified atom stereocenters. The standard InChI is InChI=1S/C35H34N4O3/c1-2-20-38(35(41)36-31-18-9-12-26-11-6-7-17-30(26)31)25-33(40)39-23-22-37-21-10-19-32(37)34(39)27-13-8-16-29(24-27)42-28-14-4-3-5-15-28/h3-19,21,24,34H,2,20,22-23,25H2,1H3,(H,36,41)/t34-/m0/s1. The minimum atomic E-state index is -0.301. The molecule has 7 heteroatoms. The van der Waals surface area contributed by atoms with Gasteiger partial charge in [0.05, 0.1) is 11.7 Å². The Morgan fingerprint density at radius 2 is 1.62 bits per heavy atom. The molecule has 0 fully saturated rings. The van der Waals surface area contributed by atoms with E-state index in [4.69, 9.17) is 4.74 Å². The summed E-state index contributed by atoms with van der Waals surface area (Å²) in [6.07, 6.45) is 2.79. The lowest BCUT2D eigenvalue weighted by Crippen LogP contribution is -2.48. The summed E-state index contributed by atoms with van der Waals surface area (Å²) in [5.41, 5.74) is 2.72. The molecule has 1 aromatic heterocycles. The number of urea groups is 1. The van der Waals surface area contributed by atoms with Gasteiger partial charge in [-0.25, -0.2) is 4.79 Å². The van der Waals surface area contributed by atoms with Crippen LogP contribution in [-0.2, 0) is 11.3 Å². The third kappa shape index (κ3) is 5.72. The number of benzene rings is 4. The summed E-state index contributed by atoms with van der Waals surface area (Å²) < 4.78 is 8.31. The molecule has 7 nitrogen and oxygen atoms in total. The molecule has 42 heavy (non-hydrogen) atoms. The molecule has 0 saturated carbocycles. The van der Waals surface area contributed by atoms with Gasteiger partial charge in [0.25, 0.3) is 0 Å². The maximum atomic E-state index is 14.0. The Balaban J connectivity index is 1.25. The van der Waals surface area contributed by atoms with Crippen LogP contribution in [0.5, 0.6) is 11.5 Å². The van der Waals surface area contributed by atoms with Crippen LogP contribution in [-0.4, -0.2) is 45.9 Å². The number of carbonyl (C=O) groups is 2. The van der Waals surface area contributed by atoms with Crippen molar-refractivity contribution in [1.29, 1.82) is 0 Å². The molecule has 1 aliphatic heterocycles. The van der Waals surface area contributed by atoms with E-state index in [1.165, 1.54) is 0 Å². The van der Waals surface area contributed by atoms with Crippen LogP contribution >= 0.6 is 0 Å². The molecule has 0 aliphatic carbocycles. The lowest BCUT2D eigenvalue weighted by Gasteiger charge is -2.38. The molecule has 212 valence electrons. The van der Waals surface area contributed by atoms with E-state index < -0.39 is 0 Å². The zero-order valence-corrected chi connectivity index (χ0v) is 23.6. The van der Waals surface area contributed by atoms with Crippen molar-refractivity contribution < 1.29 is 14.3 Å². The molecular formula is C35H34N4O3. The first-order valence-corrected chi connectivity index (χ1v) is 14.4. The molecule has 2 heterocycles. The minimum absolute atomic E-state index is 0.0120. The number of aromatic nitrogens is 1. The monoisotopic (exact) mass is 558 g/mol. The molecule has 5 aromatic rings. The van der Waals surface area contributed by atoms with E-state index in [-0.39, 0.29) is 24.5 Å². The second-order valence-corrected chi connectivity index (χ2v) is 10.5. The lowest BCUT2D eigenvalue weighted by molar-refractivity contribution is -0.134. The maximum Gasteiger partial charge on any atom is 0.322 e. The van der Waals surface area contributed by atoms with Gasteiger partial charge in [0.1, 0.15) is 18.0 Å². The summed E-state index contributed by atoms with van der Waals surface area (Å²) in [4.78, 5) is 31.0. The smallest absolute Gasteiger partial charge is 0.322 e. The molecule has 3 amide bonds. The fourth-order valence-corrected chi connectivity index (χ4v) is 5.68. The molecular weight excluding hydrogens is 524 g/mol. The van der Waals surface area contributed by atoms with Crippen LogP contribution in [0.15, 0.2) is 115 Å². The largest absolute Gasteiger partial charge is 0.457 e. The van der Waals surface area contributed by atoms with Gasteiger partial charge in [-0.1, -0.05) is 73.7 Å². The number of nitrogens with zero attached hydrogens (tertiary/aromatic N) is 3.